The van der Waals surface area contributed by atoms with Gasteiger partial charge in [-0.3, -0.25) is 4.40 Å². The third-order valence-corrected chi connectivity index (χ3v) is 4.34. The predicted octanol–water partition coefficient (Wildman–Crippen LogP) is 3.15. The summed E-state index contributed by atoms with van der Waals surface area (Å²) in [5.41, 5.74) is 4.71. The van der Waals surface area contributed by atoms with E-state index < -0.39 is 0 Å². The number of halogens is 1. The second-order valence-corrected chi connectivity index (χ2v) is 5.93. The molecule has 0 unspecified atom stereocenters. The van der Waals surface area contributed by atoms with E-state index >= 15 is 0 Å². The van der Waals surface area contributed by atoms with Gasteiger partial charge in [0.05, 0.1) is 18.1 Å². The molecule has 0 saturated carbocycles. The van der Waals surface area contributed by atoms with Gasteiger partial charge < -0.3 is 5.32 Å². The molecule has 0 spiro atoms. The van der Waals surface area contributed by atoms with Crippen LogP contribution >= 0.6 is 27.3 Å². The highest BCUT2D eigenvalue weighted by molar-refractivity contribution is 9.10. The van der Waals surface area contributed by atoms with E-state index in [1.165, 1.54) is 11.1 Å². The molecule has 0 saturated heterocycles. The van der Waals surface area contributed by atoms with E-state index in [2.05, 4.69) is 48.9 Å². The van der Waals surface area contributed by atoms with Crippen molar-refractivity contribution in [3.8, 4) is 0 Å². The van der Waals surface area contributed by atoms with Gasteiger partial charge in [-0.25, -0.2) is 9.97 Å². The smallest absolute Gasteiger partial charge is 0.155 e. The molecule has 1 N–H and O–H groups in total. The molecule has 0 radical (unpaired) electrons. The van der Waals surface area contributed by atoms with Gasteiger partial charge in [-0.2, -0.15) is 11.3 Å². The van der Waals surface area contributed by atoms with Gasteiger partial charge in [-0.15, -0.1) is 0 Å². The van der Waals surface area contributed by atoms with Crippen LogP contribution in [-0.2, 0) is 13.1 Å². The second-order valence-electron chi connectivity index (χ2n) is 4.37. The Kier molecular flexibility index (Phi) is 3.63. The molecule has 3 rings (SSSR count). The van der Waals surface area contributed by atoms with Crippen LogP contribution < -0.4 is 5.32 Å². The van der Waals surface area contributed by atoms with Crippen LogP contribution in [0.3, 0.4) is 0 Å². The second kappa shape index (κ2) is 5.40. The summed E-state index contributed by atoms with van der Waals surface area (Å²) in [6.07, 6.45) is 5.59. The Bertz CT molecular complexity index is 704. The molecule has 0 amide bonds. The quantitative estimate of drug-likeness (QED) is 0.795. The molecule has 3 aromatic rings. The van der Waals surface area contributed by atoms with Crippen molar-refractivity contribution in [2.75, 3.05) is 0 Å². The third-order valence-electron chi connectivity index (χ3n) is 3.02. The molecule has 0 bridgehead atoms. The number of aromatic nitrogens is 3. The SMILES string of the molecule is Cc1cscc1CNCc1cnc2cnc(Br)cn12. The Labute approximate surface area is 123 Å². The normalized spacial score (nSPS) is 11.3. The van der Waals surface area contributed by atoms with Crippen molar-refractivity contribution in [1.29, 1.82) is 0 Å². The number of rotatable bonds is 4. The van der Waals surface area contributed by atoms with Gasteiger partial charge in [0.2, 0.25) is 0 Å². The number of hydrogen-bond donors (Lipinski definition) is 1. The maximum atomic E-state index is 4.33. The Hall–Kier alpha value is -1.24. The van der Waals surface area contributed by atoms with Gasteiger partial charge in [0.15, 0.2) is 5.65 Å². The van der Waals surface area contributed by atoms with E-state index in [4.69, 9.17) is 0 Å². The third kappa shape index (κ3) is 2.70. The number of thiophene rings is 1. The van der Waals surface area contributed by atoms with Gasteiger partial charge in [0.25, 0.3) is 0 Å². The van der Waals surface area contributed by atoms with Crippen LogP contribution in [0.4, 0.5) is 0 Å². The molecule has 98 valence electrons. The molecule has 3 heterocycles. The molecule has 0 aliphatic heterocycles. The van der Waals surface area contributed by atoms with Gasteiger partial charge in [-0.1, -0.05) is 0 Å². The number of hydrogen-bond acceptors (Lipinski definition) is 4. The van der Waals surface area contributed by atoms with E-state index in [1.54, 1.807) is 17.5 Å². The van der Waals surface area contributed by atoms with Crippen molar-refractivity contribution < 1.29 is 0 Å². The highest BCUT2D eigenvalue weighted by Gasteiger charge is 2.04. The molecule has 0 atom stereocenters. The summed E-state index contributed by atoms with van der Waals surface area (Å²) in [5, 5.41) is 7.82. The van der Waals surface area contributed by atoms with Gasteiger partial charge in [-0.05, 0) is 44.7 Å². The lowest BCUT2D eigenvalue weighted by Crippen LogP contribution is -2.14. The molecule has 0 fully saturated rings. The van der Waals surface area contributed by atoms with Crippen LogP contribution in [0.15, 0.2) is 34.0 Å². The van der Waals surface area contributed by atoms with E-state index in [0.29, 0.717) is 0 Å². The monoisotopic (exact) mass is 336 g/mol. The number of imidazole rings is 1. The van der Waals surface area contributed by atoms with Crippen molar-refractivity contribution in [2.45, 2.75) is 20.0 Å². The van der Waals surface area contributed by atoms with Gasteiger partial charge in [0.1, 0.15) is 4.60 Å². The molecule has 0 aliphatic rings. The molecule has 0 aliphatic carbocycles. The number of nitrogens with one attached hydrogen (secondary N) is 1. The molecule has 0 aromatic carbocycles. The van der Waals surface area contributed by atoms with E-state index in [-0.39, 0.29) is 0 Å². The average molecular weight is 337 g/mol. The maximum Gasteiger partial charge on any atom is 0.155 e. The lowest BCUT2D eigenvalue weighted by Gasteiger charge is -2.05. The fourth-order valence-corrected chi connectivity index (χ4v) is 3.10. The Balaban J connectivity index is 1.72. The summed E-state index contributed by atoms with van der Waals surface area (Å²) >= 11 is 5.13. The molecular formula is C13H13BrN4S. The first-order valence-electron chi connectivity index (χ1n) is 5.94. The molecule has 4 nitrogen and oxygen atoms in total. The zero-order chi connectivity index (χ0) is 13.2. The highest BCUT2D eigenvalue weighted by Crippen LogP contribution is 2.14. The number of fused-ring (bicyclic) bond motifs is 1. The predicted molar refractivity (Wildman–Crippen MR) is 80.3 cm³/mol. The van der Waals surface area contributed by atoms with Crippen molar-refractivity contribution in [2.24, 2.45) is 0 Å². The van der Waals surface area contributed by atoms with Crippen LogP contribution in [0, 0.1) is 6.92 Å². The minimum Gasteiger partial charge on any atom is -0.307 e. The molecular weight excluding hydrogens is 324 g/mol. The minimum absolute atomic E-state index is 0.785. The first-order chi connectivity index (χ1) is 9.24. The van der Waals surface area contributed by atoms with E-state index in [9.17, 15) is 0 Å². The standard InChI is InChI=1S/C13H13BrN4S/c1-9-7-19-8-10(9)2-15-3-11-4-17-13-5-16-12(14)6-18(11)13/h4-8,15H,2-3H2,1H3. The maximum absolute atomic E-state index is 4.33. The zero-order valence-corrected chi connectivity index (χ0v) is 12.8. The summed E-state index contributed by atoms with van der Waals surface area (Å²) in [6.45, 7) is 3.81. The summed E-state index contributed by atoms with van der Waals surface area (Å²) < 4.78 is 2.86. The Morgan fingerprint density at radius 3 is 2.95 bits per heavy atom. The van der Waals surface area contributed by atoms with Crippen molar-refractivity contribution in [3.63, 3.8) is 0 Å². The van der Waals surface area contributed by atoms with Crippen LogP contribution in [0.25, 0.3) is 5.65 Å². The fraction of sp³-hybridized carbons (Fsp3) is 0.231. The van der Waals surface area contributed by atoms with Crippen molar-refractivity contribution in [3.05, 3.63) is 50.8 Å². The molecule has 6 heteroatoms. The first-order valence-corrected chi connectivity index (χ1v) is 7.67. The first kappa shape index (κ1) is 12.8. The largest absolute Gasteiger partial charge is 0.307 e. The zero-order valence-electron chi connectivity index (χ0n) is 10.4. The summed E-state index contributed by atoms with van der Waals surface area (Å²) in [4.78, 5) is 8.50. The van der Waals surface area contributed by atoms with Crippen LogP contribution in [0.5, 0.6) is 0 Å². The summed E-state index contributed by atoms with van der Waals surface area (Å²) in [6, 6.07) is 0. The van der Waals surface area contributed by atoms with E-state index in [1.807, 2.05) is 16.8 Å². The summed E-state index contributed by atoms with van der Waals surface area (Å²) in [5.74, 6) is 0. The van der Waals surface area contributed by atoms with E-state index in [0.717, 1.165) is 29.0 Å². The Morgan fingerprint density at radius 1 is 1.26 bits per heavy atom. The van der Waals surface area contributed by atoms with Gasteiger partial charge in [0, 0.05) is 19.3 Å². The topological polar surface area (TPSA) is 42.2 Å². The highest BCUT2D eigenvalue weighted by atomic mass is 79.9. The average Bonchev–Trinajstić information content (AvgIpc) is 2.97. The number of aryl methyl sites for hydroxylation is 1. The van der Waals surface area contributed by atoms with Crippen LogP contribution in [0.2, 0.25) is 0 Å². The Morgan fingerprint density at radius 2 is 2.16 bits per heavy atom. The minimum atomic E-state index is 0.785. The lowest BCUT2D eigenvalue weighted by atomic mass is 10.2. The molecule has 19 heavy (non-hydrogen) atoms. The fourth-order valence-electron chi connectivity index (χ4n) is 1.94. The van der Waals surface area contributed by atoms with Crippen molar-refractivity contribution >= 4 is 32.9 Å². The van der Waals surface area contributed by atoms with Gasteiger partial charge >= 0.3 is 0 Å². The lowest BCUT2D eigenvalue weighted by molar-refractivity contribution is 0.674. The summed E-state index contributed by atoms with van der Waals surface area (Å²) in [7, 11) is 0. The molecule has 3 aromatic heterocycles. The number of nitrogens with zero attached hydrogens (tertiary/aromatic N) is 3. The van der Waals surface area contributed by atoms with Crippen molar-refractivity contribution in [1.82, 2.24) is 19.7 Å². The van der Waals surface area contributed by atoms with Crippen LogP contribution in [-0.4, -0.2) is 14.4 Å². The van der Waals surface area contributed by atoms with Crippen LogP contribution in [0.1, 0.15) is 16.8 Å².